The second-order valence-corrected chi connectivity index (χ2v) is 6.45. The van der Waals surface area contributed by atoms with Crippen molar-refractivity contribution in [2.45, 2.75) is 25.4 Å². The Morgan fingerprint density at radius 1 is 1.12 bits per heavy atom. The molecule has 138 valence electrons. The zero-order valence-corrected chi connectivity index (χ0v) is 14.8. The summed E-state index contributed by atoms with van der Waals surface area (Å²) in [7, 11) is 0. The molecule has 0 radical (unpaired) electrons. The summed E-state index contributed by atoms with van der Waals surface area (Å²) in [6.07, 6.45) is 2.93. The number of nitrogens with zero attached hydrogens (tertiary/aromatic N) is 1. The summed E-state index contributed by atoms with van der Waals surface area (Å²) in [5.41, 5.74) is 1.32. The predicted molar refractivity (Wildman–Crippen MR) is 97.6 cm³/mol. The molecule has 0 bridgehead atoms. The van der Waals surface area contributed by atoms with E-state index in [-0.39, 0.29) is 24.4 Å². The van der Waals surface area contributed by atoms with Crippen molar-refractivity contribution in [3.05, 3.63) is 66.0 Å². The summed E-state index contributed by atoms with van der Waals surface area (Å²) in [6, 6.07) is 16.0. The minimum absolute atomic E-state index is 0.0354. The van der Waals surface area contributed by atoms with Crippen molar-refractivity contribution in [3.8, 4) is 5.75 Å². The van der Waals surface area contributed by atoms with Gasteiger partial charge in [-0.2, -0.15) is 0 Å². The van der Waals surface area contributed by atoms with E-state index in [2.05, 4.69) is 12.1 Å². The van der Waals surface area contributed by atoms with Crippen LogP contribution in [0.15, 0.2) is 54.6 Å². The molecule has 0 spiro atoms. The first-order chi connectivity index (χ1) is 12.7. The molecule has 3 rings (SSSR count). The molecular formula is C21H24FNO3. The van der Waals surface area contributed by atoms with E-state index < -0.39 is 0 Å². The fourth-order valence-electron chi connectivity index (χ4n) is 3.03. The van der Waals surface area contributed by atoms with Gasteiger partial charge in [0.1, 0.15) is 11.6 Å². The molecule has 1 aliphatic rings. The Morgan fingerprint density at radius 2 is 1.88 bits per heavy atom. The Bertz CT molecular complexity index is 690. The zero-order chi connectivity index (χ0) is 18.2. The number of hydrogen-bond donors (Lipinski definition) is 0. The van der Waals surface area contributed by atoms with Crippen LogP contribution in [0.2, 0.25) is 0 Å². The number of hydrogen-bond acceptors (Lipinski definition) is 3. The van der Waals surface area contributed by atoms with Crippen LogP contribution >= 0.6 is 0 Å². The molecule has 1 fully saturated rings. The third-order valence-electron chi connectivity index (χ3n) is 4.48. The first kappa shape index (κ1) is 18.4. The molecule has 0 saturated carbocycles. The summed E-state index contributed by atoms with van der Waals surface area (Å²) < 4.78 is 24.2. The summed E-state index contributed by atoms with van der Waals surface area (Å²) in [5.74, 6) is 0.104. The van der Waals surface area contributed by atoms with Crippen LogP contribution in [0.25, 0.3) is 0 Å². The van der Waals surface area contributed by atoms with Crippen LogP contribution in [0, 0.1) is 5.82 Å². The minimum Gasteiger partial charge on any atom is -0.484 e. The third kappa shape index (κ3) is 5.56. The summed E-state index contributed by atoms with van der Waals surface area (Å²) in [6.45, 7) is 1.96. The lowest BCUT2D eigenvalue weighted by Crippen LogP contribution is -2.34. The van der Waals surface area contributed by atoms with Crippen molar-refractivity contribution >= 4 is 5.91 Å². The smallest absolute Gasteiger partial charge is 0.260 e. The van der Waals surface area contributed by atoms with Crippen molar-refractivity contribution in [1.29, 1.82) is 0 Å². The fourth-order valence-corrected chi connectivity index (χ4v) is 3.03. The SMILES string of the molecule is O=C(COc1ccc(F)cc1)N1CCC(OCCCc2ccccc2)C1. The molecular weight excluding hydrogens is 333 g/mol. The van der Waals surface area contributed by atoms with Gasteiger partial charge in [0.15, 0.2) is 6.61 Å². The molecule has 1 saturated heterocycles. The molecule has 5 heteroatoms. The highest BCUT2D eigenvalue weighted by atomic mass is 19.1. The number of carbonyl (C=O) groups is 1. The van der Waals surface area contributed by atoms with Crippen LogP contribution in [-0.4, -0.2) is 43.2 Å². The monoisotopic (exact) mass is 357 g/mol. The van der Waals surface area contributed by atoms with Gasteiger partial charge in [-0.05, 0) is 49.1 Å². The van der Waals surface area contributed by atoms with Gasteiger partial charge in [-0.1, -0.05) is 30.3 Å². The number of rotatable bonds is 8. The maximum atomic E-state index is 12.9. The summed E-state index contributed by atoms with van der Waals surface area (Å²) >= 11 is 0. The van der Waals surface area contributed by atoms with Crippen molar-refractivity contribution in [1.82, 2.24) is 4.90 Å². The quantitative estimate of drug-likeness (QED) is 0.679. The average Bonchev–Trinajstić information content (AvgIpc) is 3.14. The Balaban J connectivity index is 1.32. The first-order valence-corrected chi connectivity index (χ1v) is 9.02. The molecule has 2 aromatic rings. The Morgan fingerprint density at radius 3 is 2.65 bits per heavy atom. The third-order valence-corrected chi connectivity index (χ3v) is 4.48. The van der Waals surface area contributed by atoms with Gasteiger partial charge in [0, 0.05) is 19.7 Å². The second-order valence-electron chi connectivity index (χ2n) is 6.45. The standard InChI is InChI=1S/C21H24FNO3/c22-18-8-10-19(11-9-18)26-16-21(24)23-13-12-20(15-23)25-14-4-7-17-5-2-1-3-6-17/h1-3,5-6,8-11,20H,4,7,12-16H2. The molecule has 1 amide bonds. The van der Waals surface area contributed by atoms with E-state index in [4.69, 9.17) is 9.47 Å². The van der Waals surface area contributed by atoms with Crippen LogP contribution in [0.4, 0.5) is 4.39 Å². The Labute approximate surface area is 153 Å². The van der Waals surface area contributed by atoms with Crippen LogP contribution < -0.4 is 4.74 Å². The molecule has 1 heterocycles. The largest absolute Gasteiger partial charge is 0.484 e. The molecule has 4 nitrogen and oxygen atoms in total. The van der Waals surface area contributed by atoms with E-state index in [0.717, 1.165) is 19.3 Å². The van der Waals surface area contributed by atoms with Gasteiger partial charge in [-0.25, -0.2) is 4.39 Å². The van der Waals surface area contributed by atoms with E-state index in [1.165, 1.54) is 29.8 Å². The Hall–Kier alpha value is -2.40. The van der Waals surface area contributed by atoms with Gasteiger partial charge in [-0.3, -0.25) is 4.79 Å². The summed E-state index contributed by atoms with van der Waals surface area (Å²) in [4.78, 5) is 14.0. The molecule has 1 aliphatic heterocycles. The number of amides is 1. The summed E-state index contributed by atoms with van der Waals surface area (Å²) in [5, 5.41) is 0. The van der Waals surface area contributed by atoms with Gasteiger partial charge in [-0.15, -0.1) is 0 Å². The van der Waals surface area contributed by atoms with E-state index in [0.29, 0.717) is 25.4 Å². The van der Waals surface area contributed by atoms with E-state index in [9.17, 15) is 9.18 Å². The van der Waals surface area contributed by atoms with Gasteiger partial charge in [0.2, 0.25) is 0 Å². The van der Waals surface area contributed by atoms with Gasteiger partial charge >= 0.3 is 0 Å². The first-order valence-electron chi connectivity index (χ1n) is 9.02. The van der Waals surface area contributed by atoms with Crippen LogP contribution in [-0.2, 0) is 16.0 Å². The highest BCUT2D eigenvalue weighted by Gasteiger charge is 2.26. The molecule has 1 atom stereocenters. The number of ether oxygens (including phenoxy) is 2. The lowest BCUT2D eigenvalue weighted by Gasteiger charge is -2.17. The van der Waals surface area contributed by atoms with Crippen molar-refractivity contribution < 1.29 is 18.7 Å². The van der Waals surface area contributed by atoms with Gasteiger partial charge in [0.25, 0.3) is 5.91 Å². The zero-order valence-electron chi connectivity index (χ0n) is 14.8. The molecule has 0 aromatic heterocycles. The van der Waals surface area contributed by atoms with Crippen molar-refractivity contribution in [2.24, 2.45) is 0 Å². The van der Waals surface area contributed by atoms with E-state index in [1.54, 1.807) is 4.90 Å². The fraction of sp³-hybridized carbons (Fsp3) is 0.381. The van der Waals surface area contributed by atoms with E-state index in [1.807, 2.05) is 18.2 Å². The van der Waals surface area contributed by atoms with E-state index >= 15 is 0 Å². The number of carbonyl (C=O) groups excluding carboxylic acids is 1. The number of aryl methyl sites for hydroxylation is 1. The molecule has 26 heavy (non-hydrogen) atoms. The lowest BCUT2D eigenvalue weighted by molar-refractivity contribution is -0.132. The van der Waals surface area contributed by atoms with Gasteiger partial charge < -0.3 is 14.4 Å². The van der Waals surface area contributed by atoms with Crippen molar-refractivity contribution in [2.75, 3.05) is 26.3 Å². The highest BCUT2D eigenvalue weighted by molar-refractivity contribution is 5.78. The second kappa shape index (κ2) is 9.34. The number of likely N-dealkylation sites (tertiary alicyclic amines) is 1. The lowest BCUT2D eigenvalue weighted by atomic mass is 10.1. The van der Waals surface area contributed by atoms with Gasteiger partial charge in [0.05, 0.1) is 6.10 Å². The topological polar surface area (TPSA) is 38.8 Å². The molecule has 0 aliphatic carbocycles. The van der Waals surface area contributed by atoms with Crippen LogP contribution in [0.3, 0.4) is 0 Å². The highest BCUT2D eigenvalue weighted by Crippen LogP contribution is 2.15. The molecule has 2 aromatic carbocycles. The van der Waals surface area contributed by atoms with Crippen molar-refractivity contribution in [3.63, 3.8) is 0 Å². The minimum atomic E-state index is -0.324. The maximum Gasteiger partial charge on any atom is 0.260 e. The average molecular weight is 357 g/mol. The van der Waals surface area contributed by atoms with Crippen LogP contribution in [0.1, 0.15) is 18.4 Å². The molecule has 1 unspecified atom stereocenters. The molecule has 0 N–H and O–H groups in total. The van der Waals surface area contributed by atoms with Crippen LogP contribution in [0.5, 0.6) is 5.75 Å². The maximum absolute atomic E-state index is 12.9. The normalized spacial score (nSPS) is 16.7. The predicted octanol–water partition coefficient (Wildman–Crippen LogP) is 3.45. The number of benzene rings is 2. The Kier molecular flexibility index (Phi) is 6.61. The number of halogens is 1.